The van der Waals surface area contributed by atoms with Crippen molar-refractivity contribution in [2.45, 2.75) is 38.8 Å². The van der Waals surface area contributed by atoms with Crippen molar-refractivity contribution in [2.75, 3.05) is 0 Å². The van der Waals surface area contributed by atoms with Gasteiger partial charge in [0.2, 0.25) is 0 Å². The quantitative estimate of drug-likeness (QED) is 0.215. The van der Waals surface area contributed by atoms with E-state index in [0.717, 1.165) is 6.07 Å². The summed E-state index contributed by atoms with van der Waals surface area (Å²) in [6.45, 7) is 4.79. The van der Waals surface area contributed by atoms with E-state index in [1.165, 1.54) is 30.5 Å². The van der Waals surface area contributed by atoms with E-state index in [-0.39, 0.29) is 22.5 Å². The van der Waals surface area contributed by atoms with Crippen LogP contribution >= 0.6 is 11.6 Å². The number of amides is 1. The number of nitrogens with zero attached hydrogens (tertiary/aromatic N) is 2. The molecule has 34 heavy (non-hydrogen) atoms. The fourth-order valence-corrected chi connectivity index (χ4v) is 2.43. The number of amidine groups is 1. The van der Waals surface area contributed by atoms with Gasteiger partial charge in [-0.15, -0.1) is 0 Å². The van der Waals surface area contributed by atoms with Gasteiger partial charge in [0.15, 0.2) is 11.7 Å². The average molecular weight is 497 g/mol. The smallest absolute Gasteiger partial charge is 0.408 e. The molecule has 1 unspecified atom stereocenters. The number of pyridine rings is 1. The number of rotatable bonds is 8. The van der Waals surface area contributed by atoms with Crippen LogP contribution in [0.1, 0.15) is 32.8 Å². The molecular weight excluding hydrogens is 475 g/mol. The number of nitrogens with two attached hydrogens (primary N) is 1. The monoisotopic (exact) mass is 496 g/mol. The summed E-state index contributed by atoms with van der Waals surface area (Å²) in [6, 6.07) is 5.26. The molecule has 4 N–H and O–H groups in total. The van der Waals surface area contributed by atoms with Crippen molar-refractivity contribution in [3.63, 3.8) is 0 Å². The first-order valence-corrected chi connectivity index (χ1v) is 10.1. The lowest BCUT2D eigenvalue weighted by Gasteiger charge is -2.21. The van der Waals surface area contributed by atoms with Crippen LogP contribution in [0.25, 0.3) is 0 Å². The molecule has 11 nitrogen and oxygen atoms in total. The van der Waals surface area contributed by atoms with Crippen LogP contribution in [0.5, 0.6) is 11.6 Å². The second kappa shape index (κ2) is 11.3. The van der Waals surface area contributed by atoms with Crippen molar-refractivity contribution < 1.29 is 38.2 Å². The number of halogens is 2. The molecule has 1 amide bonds. The second-order valence-electron chi connectivity index (χ2n) is 7.75. The zero-order chi connectivity index (χ0) is 25.5. The van der Waals surface area contributed by atoms with Crippen molar-refractivity contribution in [3.05, 3.63) is 52.9 Å². The summed E-state index contributed by atoms with van der Waals surface area (Å²) >= 11 is 5.64. The molecule has 1 atom stereocenters. The molecule has 182 valence electrons. The minimum Gasteiger partial charge on any atom is -0.480 e. The summed E-state index contributed by atoms with van der Waals surface area (Å²) in [7, 11) is 0. The molecule has 13 heteroatoms. The lowest BCUT2D eigenvalue weighted by Crippen LogP contribution is -2.44. The molecule has 0 aliphatic carbocycles. The van der Waals surface area contributed by atoms with Gasteiger partial charge in [0.1, 0.15) is 17.4 Å². The van der Waals surface area contributed by atoms with Crippen LogP contribution in [-0.2, 0) is 19.2 Å². The lowest BCUT2D eigenvalue weighted by molar-refractivity contribution is -0.149. The summed E-state index contributed by atoms with van der Waals surface area (Å²) in [5, 5.41) is 14.8. The molecule has 0 spiro atoms. The average Bonchev–Trinajstić information content (AvgIpc) is 2.72. The van der Waals surface area contributed by atoms with E-state index in [4.69, 9.17) is 26.8 Å². The predicted octanol–water partition coefficient (Wildman–Crippen LogP) is 3.20. The number of aliphatic carboxylic acids is 1. The van der Waals surface area contributed by atoms with Gasteiger partial charge in [-0.1, -0.05) is 16.8 Å². The normalized spacial score (nSPS) is 12.4. The number of carboxylic acid groups (broad SMARTS) is 1. The van der Waals surface area contributed by atoms with Gasteiger partial charge >= 0.3 is 18.0 Å². The van der Waals surface area contributed by atoms with E-state index in [2.05, 4.69) is 20.3 Å². The second-order valence-corrected chi connectivity index (χ2v) is 8.18. The van der Waals surface area contributed by atoms with Gasteiger partial charge in [0.05, 0.1) is 11.4 Å². The van der Waals surface area contributed by atoms with Gasteiger partial charge in [0.25, 0.3) is 5.88 Å². The van der Waals surface area contributed by atoms with Gasteiger partial charge in [0, 0.05) is 11.8 Å². The summed E-state index contributed by atoms with van der Waals surface area (Å²) < 4.78 is 24.1. The van der Waals surface area contributed by atoms with Gasteiger partial charge in [-0.25, -0.2) is 23.8 Å². The molecule has 0 saturated carbocycles. The molecule has 1 aromatic carbocycles. The first kappa shape index (κ1) is 26.3. The molecule has 0 aliphatic heterocycles. The number of alkyl carbamates (subject to hydrolysis) is 1. The Kier molecular flexibility index (Phi) is 8.73. The van der Waals surface area contributed by atoms with E-state index < -0.39 is 41.9 Å². The Balaban J connectivity index is 1.95. The highest BCUT2D eigenvalue weighted by Gasteiger charge is 2.27. The standard InChI is InChI=1S/C21H22ClFN4O7/c1-21(2,3)33-20(31)26-15(19(29)30)9-16(28)34-27-17(24)11-4-6-13(7-5-11)32-18-14(23)8-12(22)10-25-18/h4-8,10,15H,9H2,1-3H3,(H2,24,27)(H,26,31)(H,29,30). The van der Waals surface area contributed by atoms with E-state index in [9.17, 15) is 23.9 Å². The maximum atomic E-state index is 13.8. The molecule has 1 heterocycles. The van der Waals surface area contributed by atoms with Crippen LogP contribution < -0.4 is 15.8 Å². The SMILES string of the molecule is CC(C)(C)OC(=O)NC(CC(=O)ON=C(N)c1ccc(Oc2ncc(Cl)cc2F)cc1)C(=O)O. The molecule has 0 fully saturated rings. The van der Waals surface area contributed by atoms with Crippen LogP contribution in [0.2, 0.25) is 5.02 Å². The van der Waals surface area contributed by atoms with Crippen LogP contribution in [-0.4, -0.2) is 45.6 Å². The molecule has 2 rings (SSSR count). The molecule has 0 saturated heterocycles. The number of carboxylic acids is 1. The number of hydrogen-bond acceptors (Lipinski definition) is 8. The number of carbonyl (C=O) groups excluding carboxylic acids is 2. The third-order valence-corrected chi connectivity index (χ3v) is 3.95. The molecule has 0 aliphatic rings. The largest absolute Gasteiger partial charge is 0.480 e. The Hall–Kier alpha value is -3.93. The topological polar surface area (TPSA) is 162 Å². The van der Waals surface area contributed by atoms with Crippen LogP contribution in [0.4, 0.5) is 9.18 Å². The highest BCUT2D eigenvalue weighted by molar-refractivity contribution is 6.30. The van der Waals surface area contributed by atoms with Crippen molar-refractivity contribution in [1.29, 1.82) is 0 Å². The van der Waals surface area contributed by atoms with Crippen LogP contribution in [0.3, 0.4) is 0 Å². The van der Waals surface area contributed by atoms with E-state index in [1.54, 1.807) is 20.8 Å². The Morgan fingerprint density at radius 3 is 2.47 bits per heavy atom. The van der Waals surface area contributed by atoms with Gasteiger partial charge in [-0.3, -0.25) is 0 Å². The number of carbonyl (C=O) groups is 3. The van der Waals surface area contributed by atoms with Crippen LogP contribution in [0, 0.1) is 5.82 Å². The molecule has 2 aromatic rings. The first-order valence-electron chi connectivity index (χ1n) is 9.69. The summed E-state index contributed by atoms with van der Waals surface area (Å²) in [5.41, 5.74) is 5.24. The Morgan fingerprint density at radius 1 is 1.26 bits per heavy atom. The van der Waals surface area contributed by atoms with Crippen molar-refractivity contribution in [2.24, 2.45) is 10.9 Å². The molecule has 0 radical (unpaired) electrons. The minimum absolute atomic E-state index is 0.119. The number of nitrogens with one attached hydrogen (secondary N) is 1. The number of ether oxygens (including phenoxy) is 2. The van der Waals surface area contributed by atoms with Gasteiger partial charge in [-0.05, 0) is 51.1 Å². The highest BCUT2D eigenvalue weighted by Crippen LogP contribution is 2.24. The molecule has 1 aromatic heterocycles. The van der Waals surface area contributed by atoms with E-state index >= 15 is 0 Å². The van der Waals surface area contributed by atoms with Gasteiger partial charge < -0.3 is 30.5 Å². The summed E-state index contributed by atoms with van der Waals surface area (Å²) in [4.78, 5) is 43.4. The molecule has 0 bridgehead atoms. The Labute approximate surface area is 198 Å². The highest BCUT2D eigenvalue weighted by atomic mass is 35.5. The zero-order valence-electron chi connectivity index (χ0n) is 18.4. The number of oxime groups is 1. The minimum atomic E-state index is -1.60. The lowest BCUT2D eigenvalue weighted by atomic mass is 10.2. The molecular formula is C21H22ClFN4O7. The third kappa shape index (κ3) is 8.54. The Bertz CT molecular complexity index is 1090. The van der Waals surface area contributed by atoms with Crippen LogP contribution in [0.15, 0.2) is 41.7 Å². The van der Waals surface area contributed by atoms with Crippen molar-refractivity contribution >= 4 is 35.5 Å². The zero-order valence-corrected chi connectivity index (χ0v) is 19.1. The number of aromatic nitrogens is 1. The van der Waals surface area contributed by atoms with Crippen molar-refractivity contribution in [1.82, 2.24) is 10.3 Å². The summed E-state index contributed by atoms with van der Waals surface area (Å²) in [6.07, 6.45) is -0.505. The van der Waals surface area contributed by atoms with E-state index in [0.29, 0.717) is 5.56 Å². The predicted molar refractivity (Wildman–Crippen MR) is 118 cm³/mol. The fourth-order valence-electron chi connectivity index (χ4n) is 2.29. The fraction of sp³-hybridized carbons (Fsp3) is 0.286. The Morgan fingerprint density at radius 2 is 1.91 bits per heavy atom. The van der Waals surface area contributed by atoms with Gasteiger partial charge in [-0.2, -0.15) is 0 Å². The van der Waals surface area contributed by atoms with Crippen molar-refractivity contribution in [3.8, 4) is 11.6 Å². The maximum absolute atomic E-state index is 13.8. The maximum Gasteiger partial charge on any atom is 0.408 e. The van der Waals surface area contributed by atoms with E-state index in [1.807, 2.05) is 0 Å². The number of hydrogen-bond donors (Lipinski definition) is 3. The number of benzene rings is 1. The summed E-state index contributed by atoms with van der Waals surface area (Å²) in [5.74, 6) is -3.52. The third-order valence-electron chi connectivity index (χ3n) is 3.74. The first-order chi connectivity index (χ1) is 15.8.